The monoisotopic (exact) mass is 544 g/mol. The third kappa shape index (κ3) is 4.67. The van der Waals surface area contributed by atoms with Crippen LogP contribution in [0.15, 0.2) is 0 Å². The van der Waals surface area contributed by atoms with Crippen LogP contribution >= 0.6 is 0 Å². The van der Waals surface area contributed by atoms with Crippen LogP contribution in [0.1, 0.15) is 98.3 Å². The molecule has 220 valence electrons. The number of carbonyl (C=O) groups is 2. The predicted octanol–water partition coefficient (Wildman–Crippen LogP) is 5.02. The minimum Gasteiger partial charge on any atom is -0.462 e. The van der Waals surface area contributed by atoms with E-state index in [0.717, 1.165) is 65.1 Å². The maximum Gasteiger partial charge on any atom is 0.304 e. The Morgan fingerprint density at radius 2 is 1.51 bits per heavy atom. The zero-order valence-corrected chi connectivity index (χ0v) is 24.9. The summed E-state index contributed by atoms with van der Waals surface area (Å²) in [6.45, 7) is 13.6. The number of fused-ring (bicyclic) bond motifs is 5. The van der Waals surface area contributed by atoms with Crippen molar-refractivity contribution >= 4 is 11.9 Å². The summed E-state index contributed by atoms with van der Waals surface area (Å²) in [5.41, 5.74) is -0.187. The second-order valence-electron chi connectivity index (χ2n) is 14.4. The largest absolute Gasteiger partial charge is 0.462 e. The average Bonchev–Trinajstić information content (AvgIpc) is 3.24. The molecule has 0 amide bonds. The Morgan fingerprint density at radius 1 is 0.795 bits per heavy atom. The lowest BCUT2D eigenvalue weighted by Crippen LogP contribution is -2.72. The van der Waals surface area contributed by atoms with E-state index in [0.29, 0.717) is 23.7 Å². The molecule has 0 radical (unpaired) electrons. The lowest BCUT2D eigenvalue weighted by molar-refractivity contribution is -0.256. The Hall–Kier alpha value is -1.18. The van der Waals surface area contributed by atoms with Crippen molar-refractivity contribution in [1.82, 2.24) is 9.80 Å². The number of piperidine rings is 1. The number of morpholine rings is 1. The number of nitrogens with zero attached hydrogens (tertiary/aromatic N) is 2. The third-order valence-electron chi connectivity index (χ3n) is 12.7. The first-order chi connectivity index (χ1) is 18.7. The SMILES string of the molecule is CC(=O)O[C@H]1CC[C@H]2[C@@H]3CC[C@H]4C[C@](OC(C)=O)(N5CCCCC5)[C@@H](N5CCOCC5)C[C@]4(C)[C@H]3CC[C@]12C. The van der Waals surface area contributed by atoms with Crippen molar-refractivity contribution in [2.24, 2.45) is 34.5 Å². The summed E-state index contributed by atoms with van der Waals surface area (Å²) in [5.74, 6) is 2.33. The van der Waals surface area contributed by atoms with Gasteiger partial charge in [-0.3, -0.25) is 19.4 Å². The van der Waals surface area contributed by atoms with E-state index in [-0.39, 0.29) is 34.9 Å². The van der Waals surface area contributed by atoms with Gasteiger partial charge in [-0.2, -0.15) is 0 Å². The molecule has 2 heterocycles. The van der Waals surface area contributed by atoms with Crippen molar-refractivity contribution in [2.75, 3.05) is 39.4 Å². The van der Waals surface area contributed by atoms with Crippen LogP contribution in [0.3, 0.4) is 0 Å². The summed E-state index contributed by atoms with van der Waals surface area (Å²) in [6, 6.07) is 0.203. The smallest absolute Gasteiger partial charge is 0.304 e. The maximum atomic E-state index is 12.8. The van der Waals surface area contributed by atoms with Crippen molar-refractivity contribution in [3.63, 3.8) is 0 Å². The van der Waals surface area contributed by atoms with Crippen LogP contribution in [0.25, 0.3) is 0 Å². The number of ether oxygens (including phenoxy) is 3. The number of hydrogen-bond acceptors (Lipinski definition) is 7. The molecule has 2 aliphatic heterocycles. The first-order valence-electron chi connectivity index (χ1n) is 16.1. The first kappa shape index (κ1) is 28.0. The Labute approximate surface area is 235 Å². The zero-order chi connectivity index (χ0) is 27.4. The van der Waals surface area contributed by atoms with Crippen LogP contribution in [0.2, 0.25) is 0 Å². The molecule has 6 aliphatic rings. The van der Waals surface area contributed by atoms with Crippen LogP contribution in [-0.2, 0) is 23.8 Å². The van der Waals surface area contributed by atoms with Crippen molar-refractivity contribution < 1.29 is 23.8 Å². The Kier molecular flexibility index (Phi) is 7.59. The third-order valence-corrected chi connectivity index (χ3v) is 12.7. The molecule has 6 rings (SSSR count). The van der Waals surface area contributed by atoms with E-state index in [9.17, 15) is 9.59 Å². The Bertz CT molecular complexity index is 932. The Balaban J connectivity index is 1.33. The standard InChI is InChI=1S/C32H52N2O5/c1-22(35)38-29-11-10-26-25-9-8-24-20-32(39-23(2)36,34-14-6-5-7-15-34)28(33-16-18-37-19-17-33)21-31(24,4)27(25)12-13-30(26,29)3/h24-29H,5-21H2,1-4H3/t24-,25-,26-,27-,28-,29-,30-,31-,32+/m0/s1. The lowest BCUT2D eigenvalue weighted by Gasteiger charge is -2.66. The van der Waals surface area contributed by atoms with Gasteiger partial charge in [0.05, 0.1) is 19.3 Å². The predicted molar refractivity (Wildman–Crippen MR) is 149 cm³/mol. The molecule has 4 aliphatic carbocycles. The van der Waals surface area contributed by atoms with E-state index in [1.165, 1.54) is 44.9 Å². The van der Waals surface area contributed by atoms with E-state index in [4.69, 9.17) is 14.2 Å². The number of hydrogen-bond donors (Lipinski definition) is 0. The molecule has 4 saturated carbocycles. The van der Waals surface area contributed by atoms with Crippen LogP contribution in [0.4, 0.5) is 0 Å². The molecule has 0 aromatic heterocycles. The first-order valence-corrected chi connectivity index (χ1v) is 16.1. The molecule has 0 N–H and O–H groups in total. The fraction of sp³-hybridized carbons (Fsp3) is 0.938. The van der Waals surface area contributed by atoms with Gasteiger partial charge < -0.3 is 14.2 Å². The second kappa shape index (κ2) is 10.6. The lowest BCUT2D eigenvalue weighted by atomic mass is 9.44. The highest BCUT2D eigenvalue weighted by Gasteiger charge is 2.66. The highest BCUT2D eigenvalue weighted by molar-refractivity contribution is 5.67. The van der Waals surface area contributed by atoms with Gasteiger partial charge in [0.25, 0.3) is 0 Å². The van der Waals surface area contributed by atoms with E-state index < -0.39 is 5.72 Å². The van der Waals surface area contributed by atoms with Gasteiger partial charge >= 0.3 is 11.9 Å². The van der Waals surface area contributed by atoms with Crippen molar-refractivity contribution in [1.29, 1.82) is 0 Å². The minimum absolute atomic E-state index is 0.0784. The van der Waals surface area contributed by atoms with Gasteiger partial charge in [0, 0.05) is 51.9 Å². The summed E-state index contributed by atoms with van der Waals surface area (Å²) in [5, 5.41) is 0. The molecule has 0 bridgehead atoms. The fourth-order valence-electron chi connectivity index (χ4n) is 10.9. The molecule has 0 spiro atoms. The molecule has 0 aromatic carbocycles. The molecular weight excluding hydrogens is 492 g/mol. The molecular formula is C32H52N2O5. The van der Waals surface area contributed by atoms with E-state index in [1.54, 1.807) is 13.8 Å². The molecule has 7 nitrogen and oxygen atoms in total. The van der Waals surface area contributed by atoms with Gasteiger partial charge in [-0.15, -0.1) is 0 Å². The van der Waals surface area contributed by atoms with Gasteiger partial charge in [0.1, 0.15) is 6.10 Å². The van der Waals surface area contributed by atoms with E-state index >= 15 is 0 Å². The summed E-state index contributed by atoms with van der Waals surface area (Å²) < 4.78 is 18.3. The summed E-state index contributed by atoms with van der Waals surface area (Å²) >= 11 is 0. The second-order valence-corrected chi connectivity index (χ2v) is 14.4. The summed E-state index contributed by atoms with van der Waals surface area (Å²) in [6.07, 6.45) is 12.9. The van der Waals surface area contributed by atoms with Crippen LogP contribution in [0.5, 0.6) is 0 Å². The van der Waals surface area contributed by atoms with Crippen LogP contribution in [0, 0.1) is 34.5 Å². The van der Waals surface area contributed by atoms with Crippen molar-refractivity contribution in [3.05, 3.63) is 0 Å². The summed E-state index contributed by atoms with van der Waals surface area (Å²) in [7, 11) is 0. The maximum absolute atomic E-state index is 12.8. The molecule has 7 heteroatoms. The minimum atomic E-state index is -0.530. The molecule has 0 unspecified atom stereocenters. The summed E-state index contributed by atoms with van der Waals surface area (Å²) in [4.78, 5) is 29.9. The van der Waals surface area contributed by atoms with Gasteiger partial charge in [-0.1, -0.05) is 20.3 Å². The molecule has 2 saturated heterocycles. The molecule has 9 atom stereocenters. The van der Waals surface area contributed by atoms with Crippen molar-refractivity contribution in [3.8, 4) is 0 Å². The van der Waals surface area contributed by atoms with Gasteiger partial charge in [0.15, 0.2) is 5.72 Å². The average molecular weight is 545 g/mol. The van der Waals surface area contributed by atoms with Crippen molar-refractivity contribution in [2.45, 2.75) is 116 Å². The van der Waals surface area contributed by atoms with E-state index in [1.807, 2.05) is 0 Å². The van der Waals surface area contributed by atoms with Gasteiger partial charge in [-0.05, 0) is 86.9 Å². The normalized spacial score (nSPS) is 47.0. The highest BCUT2D eigenvalue weighted by atomic mass is 16.6. The number of likely N-dealkylation sites (tertiary alicyclic amines) is 1. The number of rotatable bonds is 4. The van der Waals surface area contributed by atoms with Crippen LogP contribution < -0.4 is 0 Å². The number of carbonyl (C=O) groups excluding carboxylic acids is 2. The quantitative estimate of drug-likeness (QED) is 0.461. The molecule has 0 aromatic rings. The topological polar surface area (TPSA) is 68.3 Å². The fourth-order valence-corrected chi connectivity index (χ4v) is 10.9. The molecule has 39 heavy (non-hydrogen) atoms. The number of esters is 2. The highest BCUT2D eigenvalue weighted by Crippen LogP contribution is 2.68. The Morgan fingerprint density at radius 3 is 2.21 bits per heavy atom. The molecule has 6 fully saturated rings. The van der Waals surface area contributed by atoms with Gasteiger partial charge in [0.2, 0.25) is 0 Å². The van der Waals surface area contributed by atoms with Crippen LogP contribution in [-0.4, -0.2) is 79.0 Å². The van der Waals surface area contributed by atoms with E-state index in [2.05, 4.69) is 23.6 Å². The zero-order valence-electron chi connectivity index (χ0n) is 24.9. The van der Waals surface area contributed by atoms with Gasteiger partial charge in [-0.25, -0.2) is 0 Å².